The fourth-order valence-corrected chi connectivity index (χ4v) is 2.03. The van der Waals surface area contributed by atoms with E-state index in [1.165, 1.54) is 4.90 Å². The number of hydrogen-bond donors (Lipinski definition) is 2. The molecule has 3 amide bonds. The molecule has 1 atom stereocenters. The van der Waals surface area contributed by atoms with Crippen LogP contribution in [-0.4, -0.2) is 61.2 Å². The summed E-state index contributed by atoms with van der Waals surface area (Å²) >= 11 is 1.66. The minimum absolute atomic E-state index is 0.152. The number of nitrogens with one attached hydrogen (secondary N) is 1. The van der Waals surface area contributed by atoms with Crippen molar-refractivity contribution in [3.05, 3.63) is 0 Å². The molecule has 0 aromatic rings. The normalized spacial score (nSPS) is 19.9. The Kier molecular flexibility index (Phi) is 6.31. The highest BCUT2D eigenvalue weighted by molar-refractivity contribution is 7.98. The zero-order valence-electron chi connectivity index (χ0n) is 9.98. The Hall–Kier alpha value is -0.790. The molecule has 3 N–H and O–H groups in total. The van der Waals surface area contributed by atoms with Gasteiger partial charge in [-0.15, -0.1) is 0 Å². The lowest BCUT2D eigenvalue weighted by Gasteiger charge is -2.12. The van der Waals surface area contributed by atoms with Crippen LogP contribution in [0, 0.1) is 0 Å². The monoisotopic (exact) mass is 261 g/mol. The molecule has 17 heavy (non-hydrogen) atoms. The van der Waals surface area contributed by atoms with Crippen molar-refractivity contribution >= 4 is 23.7 Å². The van der Waals surface area contributed by atoms with Gasteiger partial charge in [-0.25, -0.2) is 4.79 Å². The van der Waals surface area contributed by atoms with Crippen molar-refractivity contribution in [3.63, 3.8) is 0 Å². The third-order valence-corrected chi connectivity index (χ3v) is 3.08. The molecule has 0 bridgehead atoms. The van der Waals surface area contributed by atoms with E-state index in [1.807, 2.05) is 6.26 Å². The topological polar surface area (TPSA) is 84.7 Å². The van der Waals surface area contributed by atoms with E-state index >= 15 is 0 Å². The van der Waals surface area contributed by atoms with E-state index in [1.54, 1.807) is 11.8 Å². The summed E-state index contributed by atoms with van der Waals surface area (Å²) in [6.07, 6.45) is 2.64. The SMILES string of the molecule is CSCCC1NC(=O)N(CCOCCN)C1=O. The summed E-state index contributed by atoms with van der Waals surface area (Å²) in [5, 5.41) is 2.67. The molecule has 7 heteroatoms. The standard InChI is InChI=1S/C10H19N3O3S/c1-17-7-2-8-9(14)13(10(15)12-8)4-6-16-5-3-11/h8H,2-7,11H2,1H3,(H,12,15). The van der Waals surface area contributed by atoms with E-state index in [4.69, 9.17) is 10.5 Å². The summed E-state index contributed by atoms with van der Waals surface area (Å²) in [6.45, 7) is 1.52. The van der Waals surface area contributed by atoms with Gasteiger partial charge in [0.1, 0.15) is 6.04 Å². The average molecular weight is 261 g/mol. The summed E-state index contributed by atoms with van der Waals surface area (Å²) in [5.74, 6) is 0.703. The second-order valence-electron chi connectivity index (χ2n) is 3.67. The summed E-state index contributed by atoms with van der Waals surface area (Å²) in [5.41, 5.74) is 5.27. The quantitative estimate of drug-likeness (QED) is 0.460. The van der Waals surface area contributed by atoms with Gasteiger partial charge < -0.3 is 15.8 Å². The van der Waals surface area contributed by atoms with Gasteiger partial charge in [0.05, 0.1) is 19.8 Å². The van der Waals surface area contributed by atoms with Gasteiger partial charge >= 0.3 is 6.03 Å². The average Bonchev–Trinajstić information content (AvgIpc) is 2.58. The van der Waals surface area contributed by atoms with Crippen LogP contribution in [0.25, 0.3) is 0 Å². The van der Waals surface area contributed by atoms with Crippen molar-refractivity contribution in [2.75, 3.05) is 38.3 Å². The smallest absolute Gasteiger partial charge is 0.324 e. The van der Waals surface area contributed by atoms with Crippen molar-refractivity contribution in [3.8, 4) is 0 Å². The van der Waals surface area contributed by atoms with Gasteiger partial charge in [0.25, 0.3) is 5.91 Å². The maximum atomic E-state index is 11.8. The maximum absolute atomic E-state index is 11.8. The number of thioether (sulfide) groups is 1. The number of nitrogens with two attached hydrogens (primary N) is 1. The number of ether oxygens (including phenoxy) is 1. The van der Waals surface area contributed by atoms with Crippen LogP contribution in [0.1, 0.15) is 6.42 Å². The van der Waals surface area contributed by atoms with Crippen molar-refractivity contribution in [1.29, 1.82) is 0 Å². The summed E-state index contributed by atoms with van der Waals surface area (Å²) in [7, 11) is 0. The molecule has 1 aliphatic rings. The van der Waals surface area contributed by atoms with Gasteiger partial charge in [0.15, 0.2) is 0 Å². The van der Waals surface area contributed by atoms with Crippen LogP contribution in [0.15, 0.2) is 0 Å². The Morgan fingerprint density at radius 1 is 1.47 bits per heavy atom. The van der Waals surface area contributed by atoms with Gasteiger partial charge in [-0.3, -0.25) is 9.69 Å². The van der Waals surface area contributed by atoms with Crippen LogP contribution in [-0.2, 0) is 9.53 Å². The molecular formula is C10H19N3O3S. The Balaban J connectivity index is 2.34. The van der Waals surface area contributed by atoms with Crippen LogP contribution in [0.4, 0.5) is 4.79 Å². The lowest BCUT2D eigenvalue weighted by Crippen LogP contribution is -2.34. The molecule has 1 saturated heterocycles. The summed E-state index contributed by atoms with van der Waals surface area (Å²) in [6, 6.07) is -0.693. The molecule has 1 heterocycles. The highest BCUT2D eigenvalue weighted by atomic mass is 32.2. The van der Waals surface area contributed by atoms with E-state index in [0.717, 1.165) is 5.75 Å². The largest absolute Gasteiger partial charge is 0.378 e. The van der Waals surface area contributed by atoms with Gasteiger partial charge in [-0.1, -0.05) is 0 Å². The van der Waals surface area contributed by atoms with Gasteiger partial charge in [-0.2, -0.15) is 11.8 Å². The molecule has 6 nitrogen and oxygen atoms in total. The molecular weight excluding hydrogens is 242 g/mol. The van der Waals surface area contributed by atoms with Gasteiger partial charge in [-0.05, 0) is 18.4 Å². The van der Waals surface area contributed by atoms with Crippen molar-refractivity contribution in [1.82, 2.24) is 10.2 Å². The molecule has 1 rings (SSSR count). The van der Waals surface area contributed by atoms with Gasteiger partial charge in [0.2, 0.25) is 0 Å². The zero-order chi connectivity index (χ0) is 12.7. The predicted octanol–water partition coefficient (Wildman–Crippen LogP) is -0.365. The first-order valence-corrected chi connectivity index (χ1v) is 6.98. The van der Waals surface area contributed by atoms with Crippen molar-refractivity contribution in [2.24, 2.45) is 5.73 Å². The second kappa shape index (κ2) is 7.52. The summed E-state index contributed by atoms with van der Waals surface area (Å²) < 4.78 is 5.15. The molecule has 1 fully saturated rings. The lowest BCUT2D eigenvalue weighted by atomic mass is 10.2. The second-order valence-corrected chi connectivity index (χ2v) is 4.66. The number of nitrogens with zero attached hydrogens (tertiary/aromatic N) is 1. The molecule has 98 valence electrons. The highest BCUT2D eigenvalue weighted by Gasteiger charge is 2.36. The van der Waals surface area contributed by atoms with Crippen LogP contribution >= 0.6 is 11.8 Å². The number of urea groups is 1. The minimum atomic E-state index is -0.371. The fraction of sp³-hybridized carbons (Fsp3) is 0.800. The Labute approximate surface area is 105 Å². The van der Waals surface area contributed by atoms with E-state index in [2.05, 4.69) is 5.32 Å². The number of imide groups is 1. The van der Waals surface area contributed by atoms with E-state index < -0.39 is 0 Å². The minimum Gasteiger partial charge on any atom is -0.378 e. The zero-order valence-corrected chi connectivity index (χ0v) is 10.8. The van der Waals surface area contributed by atoms with Crippen molar-refractivity contribution < 1.29 is 14.3 Å². The first kappa shape index (κ1) is 14.3. The number of carbonyl (C=O) groups excluding carboxylic acids is 2. The number of amides is 3. The van der Waals surface area contributed by atoms with E-state index in [0.29, 0.717) is 32.7 Å². The van der Waals surface area contributed by atoms with E-state index in [-0.39, 0.29) is 18.0 Å². The predicted molar refractivity (Wildman–Crippen MR) is 66.9 cm³/mol. The van der Waals surface area contributed by atoms with Crippen molar-refractivity contribution in [2.45, 2.75) is 12.5 Å². The van der Waals surface area contributed by atoms with Crippen LogP contribution < -0.4 is 11.1 Å². The molecule has 0 radical (unpaired) electrons. The van der Waals surface area contributed by atoms with Crippen LogP contribution in [0.3, 0.4) is 0 Å². The lowest BCUT2D eigenvalue weighted by molar-refractivity contribution is -0.128. The Bertz CT molecular complexity index is 276. The molecule has 0 aromatic heterocycles. The fourth-order valence-electron chi connectivity index (χ4n) is 1.56. The Morgan fingerprint density at radius 3 is 2.88 bits per heavy atom. The third kappa shape index (κ3) is 4.18. The first-order valence-electron chi connectivity index (χ1n) is 5.59. The van der Waals surface area contributed by atoms with Crippen LogP contribution in [0.5, 0.6) is 0 Å². The number of carbonyl (C=O) groups is 2. The molecule has 0 aliphatic carbocycles. The molecule has 0 saturated carbocycles. The summed E-state index contributed by atoms with van der Waals surface area (Å²) in [4.78, 5) is 24.6. The first-order chi connectivity index (χ1) is 8.20. The third-order valence-electron chi connectivity index (χ3n) is 2.44. The van der Waals surface area contributed by atoms with Gasteiger partial charge in [0, 0.05) is 6.54 Å². The van der Waals surface area contributed by atoms with Crippen LogP contribution in [0.2, 0.25) is 0 Å². The maximum Gasteiger partial charge on any atom is 0.324 e. The molecule has 1 unspecified atom stereocenters. The Morgan fingerprint density at radius 2 is 2.24 bits per heavy atom. The number of rotatable bonds is 8. The molecule has 1 aliphatic heterocycles. The molecule has 0 aromatic carbocycles. The molecule has 0 spiro atoms. The number of hydrogen-bond acceptors (Lipinski definition) is 5. The van der Waals surface area contributed by atoms with E-state index in [9.17, 15) is 9.59 Å². The highest BCUT2D eigenvalue weighted by Crippen LogP contribution is 2.11.